The smallest absolute Gasteiger partial charge is 0.243 e. The average Bonchev–Trinajstić information content (AvgIpc) is 2.56. The molecule has 0 radical (unpaired) electrons. The molecule has 2 rings (SSSR count). The van der Waals surface area contributed by atoms with Gasteiger partial charge >= 0.3 is 0 Å². The van der Waals surface area contributed by atoms with E-state index in [2.05, 4.69) is 5.32 Å². The fraction of sp³-hybridized carbons (Fsp3) is 0.235. The van der Waals surface area contributed by atoms with Crippen molar-refractivity contribution in [3.05, 3.63) is 54.6 Å². The van der Waals surface area contributed by atoms with Crippen LogP contribution in [0.25, 0.3) is 0 Å². The van der Waals surface area contributed by atoms with Crippen molar-refractivity contribution in [3.63, 3.8) is 0 Å². The number of likely N-dealkylation sites (N-methyl/N-ethyl adjacent to an activating group) is 1. The molecule has 0 saturated heterocycles. The second-order valence-corrected chi connectivity index (χ2v) is 7.70. The topological polar surface area (TPSA) is 69.7 Å². The second-order valence-electron chi connectivity index (χ2n) is 5.55. The van der Waals surface area contributed by atoms with E-state index in [1.165, 1.54) is 26.2 Å². The molecule has 2 aromatic carbocycles. The number of hydrogen-bond donors (Lipinski definition) is 1. The van der Waals surface area contributed by atoms with Crippen molar-refractivity contribution in [2.75, 3.05) is 37.9 Å². The quantitative estimate of drug-likeness (QED) is 0.868. The van der Waals surface area contributed by atoms with E-state index in [-0.39, 0.29) is 17.3 Å². The Balaban J connectivity index is 2.00. The summed E-state index contributed by atoms with van der Waals surface area (Å²) in [6.07, 6.45) is 0. The second kappa shape index (κ2) is 7.46. The van der Waals surface area contributed by atoms with Gasteiger partial charge in [-0.15, -0.1) is 0 Å². The molecule has 24 heavy (non-hydrogen) atoms. The predicted molar refractivity (Wildman–Crippen MR) is 95.7 cm³/mol. The van der Waals surface area contributed by atoms with E-state index in [0.717, 1.165) is 9.99 Å². The van der Waals surface area contributed by atoms with Crippen LogP contribution in [-0.4, -0.2) is 46.3 Å². The summed E-state index contributed by atoms with van der Waals surface area (Å²) in [4.78, 5) is 14.1. The largest absolute Gasteiger partial charge is 0.365 e. The minimum Gasteiger partial charge on any atom is -0.365 e. The standard InChI is InChI=1S/C17H21N3O3S/c1-19(2)24(22,23)16-11-9-14(10-12-16)18-17(21)13-20(3)15-7-5-4-6-8-15/h4-12H,13H2,1-3H3,(H,18,21). The van der Waals surface area contributed by atoms with Crippen molar-refractivity contribution in [2.45, 2.75) is 4.90 Å². The maximum Gasteiger partial charge on any atom is 0.243 e. The fourth-order valence-corrected chi connectivity index (χ4v) is 3.01. The van der Waals surface area contributed by atoms with E-state index in [1.54, 1.807) is 12.1 Å². The molecule has 0 unspecified atom stereocenters. The molecule has 6 nitrogen and oxygen atoms in total. The molecule has 0 aromatic heterocycles. The van der Waals surface area contributed by atoms with Gasteiger partial charge in [-0.05, 0) is 36.4 Å². The lowest BCUT2D eigenvalue weighted by Crippen LogP contribution is -2.30. The van der Waals surface area contributed by atoms with Crippen LogP contribution in [0.2, 0.25) is 0 Å². The van der Waals surface area contributed by atoms with Gasteiger partial charge < -0.3 is 10.2 Å². The van der Waals surface area contributed by atoms with Crippen molar-refractivity contribution in [1.82, 2.24) is 4.31 Å². The number of nitrogens with zero attached hydrogens (tertiary/aromatic N) is 2. The molecule has 1 amide bonds. The molecule has 0 aliphatic carbocycles. The third kappa shape index (κ3) is 4.33. The highest BCUT2D eigenvalue weighted by atomic mass is 32.2. The van der Waals surface area contributed by atoms with Crippen LogP contribution in [0.3, 0.4) is 0 Å². The molecular formula is C17H21N3O3S. The zero-order chi connectivity index (χ0) is 17.7. The molecule has 2 aromatic rings. The molecular weight excluding hydrogens is 326 g/mol. The lowest BCUT2D eigenvalue weighted by molar-refractivity contribution is -0.114. The summed E-state index contributed by atoms with van der Waals surface area (Å²) in [5, 5.41) is 2.76. The van der Waals surface area contributed by atoms with Gasteiger partial charge in [0.2, 0.25) is 15.9 Å². The Morgan fingerprint density at radius 2 is 1.54 bits per heavy atom. The summed E-state index contributed by atoms with van der Waals surface area (Å²) in [7, 11) is 1.32. The van der Waals surface area contributed by atoms with Gasteiger partial charge in [0.1, 0.15) is 0 Å². The van der Waals surface area contributed by atoms with E-state index in [4.69, 9.17) is 0 Å². The van der Waals surface area contributed by atoms with Gasteiger partial charge in [0.05, 0.1) is 11.4 Å². The summed E-state index contributed by atoms with van der Waals surface area (Å²) < 4.78 is 25.1. The van der Waals surface area contributed by atoms with Crippen LogP contribution >= 0.6 is 0 Å². The first kappa shape index (κ1) is 18.0. The van der Waals surface area contributed by atoms with Crippen LogP contribution in [0.15, 0.2) is 59.5 Å². The average molecular weight is 347 g/mol. The first-order chi connectivity index (χ1) is 11.3. The highest BCUT2D eigenvalue weighted by molar-refractivity contribution is 7.89. The number of carbonyl (C=O) groups is 1. The van der Waals surface area contributed by atoms with Crippen LogP contribution in [0.4, 0.5) is 11.4 Å². The number of carbonyl (C=O) groups excluding carboxylic acids is 1. The van der Waals surface area contributed by atoms with Crippen molar-refractivity contribution in [1.29, 1.82) is 0 Å². The number of nitrogens with one attached hydrogen (secondary N) is 1. The first-order valence-corrected chi connectivity index (χ1v) is 8.83. The number of anilines is 2. The summed E-state index contributed by atoms with van der Waals surface area (Å²) in [5.74, 6) is -0.176. The molecule has 128 valence electrons. The lowest BCUT2D eigenvalue weighted by atomic mass is 10.3. The fourth-order valence-electron chi connectivity index (χ4n) is 2.11. The van der Waals surface area contributed by atoms with E-state index in [1.807, 2.05) is 42.3 Å². The molecule has 0 aliphatic rings. The highest BCUT2D eigenvalue weighted by Gasteiger charge is 2.16. The molecule has 0 saturated carbocycles. The molecule has 0 aliphatic heterocycles. The van der Waals surface area contributed by atoms with Crippen molar-refractivity contribution in [3.8, 4) is 0 Å². The summed E-state index contributed by atoms with van der Waals surface area (Å²) in [6, 6.07) is 15.7. The number of amides is 1. The van der Waals surface area contributed by atoms with E-state index < -0.39 is 10.0 Å². The Hall–Kier alpha value is -2.38. The molecule has 0 heterocycles. The SMILES string of the molecule is CN(CC(=O)Nc1ccc(S(=O)(=O)N(C)C)cc1)c1ccccc1. The molecule has 1 N–H and O–H groups in total. The zero-order valence-electron chi connectivity index (χ0n) is 13.9. The van der Waals surface area contributed by atoms with Crippen molar-refractivity contribution < 1.29 is 13.2 Å². The zero-order valence-corrected chi connectivity index (χ0v) is 14.7. The number of benzene rings is 2. The Morgan fingerprint density at radius 3 is 2.08 bits per heavy atom. The maximum atomic E-state index is 12.1. The van der Waals surface area contributed by atoms with Gasteiger partial charge in [0, 0.05) is 32.5 Å². The first-order valence-electron chi connectivity index (χ1n) is 7.39. The van der Waals surface area contributed by atoms with Crippen LogP contribution in [0.5, 0.6) is 0 Å². The Labute approximate surface area is 142 Å². The van der Waals surface area contributed by atoms with Gasteiger partial charge in [-0.3, -0.25) is 4.79 Å². The van der Waals surface area contributed by atoms with Gasteiger partial charge in [-0.2, -0.15) is 0 Å². The number of sulfonamides is 1. The normalized spacial score (nSPS) is 11.3. The molecule has 0 spiro atoms. The Bertz CT molecular complexity index is 788. The van der Waals surface area contributed by atoms with Crippen LogP contribution in [0, 0.1) is 0 Å². The summed E-state index contributed by atoms with van der Waals surface area (Å²) in [5.41, 5.74) is 1.50. The van der Waals surface area contributed by atoms with Crippen LogP contribution in [-0.2, 0) is 14.8 Å². The monoisotopic (exact) mass is 347 g/mol. The molecule has 0 atom stereocenters. The van der Waals surface area contributed by atoms with E-state index in [9.17, 15) is 13.2 Å². The molecule has 7 heteroatoms. The lowest BCUT2D eigenvalue weighted by Gasteiger charge is -2.18. The van der Waals surface area contributed by atoms with E-state index >= 15 is 0 Å². The predicted octanol–water partition coefficient (Wildman–Crippen LogP) is 2.01. The van der Waals surface area contributed by atoms with Gasteiger partial charge in [0.15, 0.2) is 0 Å². The Morgan fingerprint density at radius 1 is 0.958 bits per heavy atom. The van der Waals surface area contributed by atoms with Crippen LogP contribution in [0.1, 0.15) is 0 Å². The van der Waals surface area contributed by atoms with E-state index in [0.29, 0.717) is 5.69 Å². The summed E-state index contributed by atoms with van der Waals surface area (Å²) in [6.45, 7) is 0.196. The van der Waals surface area contributed by atoms with Gasteiger partial charge in [-0.1, -0.05) is 18.2 Å². The number of para-hydroxylation sites is 1. The van der Waals surface area contributed by atoms with Crippen LogP contribution < -0.4 is 10.2 Å². The van der Waals surface area contributed by atoms with Gasteiger partial charge in [-0.25, -0.2) is 12.7 Å². The highest BCUT2D eigenvalue weighted by Crippen LogP contribution is 2.17. The third-order valence-electron chi connectivity index (χ3n) is 3.49. The van der Waals surface area contributed by atoms with Crippen molar-refractivity contribution in [2.24, 2.45) is 0 Å². The summed E-state index contributed by atoms with van der Waals surface area (Å²) >= 11 is 0. The van der Waals surface area contributed by atoms with Gasteiger partial charge in [0.25, 0.3) is 0 Å². The number of hydrogen-bond acceptors (Lipinski definition) is 4. The minimum absolute atomic E-state index is 0.176. The number of rotatable bonds is 6. The Kier molecular flexibility index (Phi) is 5.58. The minimum atomic E-state index is -3.46. The molecule has 0 fully saturated rings. The van der Waals surface area contributed by atoms with Crippen molar-refractivity contribution >= 4 is 27.3 Å². The third-order valence-corrected chi connectivity index (χ3v) is 5.32. The maximum absolute atomic E-state index is 12.1. The molecule has 0 bridgehead atoms.